The molecule has 0 fully saturated rings. The van der Waals surface area contributed by atoms with Gasteiger partial charge in [0.15, 0.2) is 0 Å². The Morgan fingerprint density at radius 1 is 1.08 bits per heavy atom. The van der Waals surface area contributed by atoms with Crippen molar-refractivity contribution in [3.63, 3.8) is 0 Å². The molecule has 0 unspecified atom stereocenters. The van der Waals surface area contributed by atoms with Gasteiger partial charge in [0.1, 0.15) is 0 Å². The second-order valence-electron chi connectivity index (χ2n) is 3.33. The first-order chi connectivity index (χ1) is 5.45. The van der Waals surface area contributed by atoms with Gasteiger partial charge in [-0.1, -0.05) is 24.3 Å². The number of rotatable bonds is 4. The Hall–Kier alpha value is -0.980. The van der Waals surface area contributed by atoms with E-state index in [9.17, 15) is 5.11 Å². The van der Waals surface area contributed by atoms with E-state index in [-0.39, 0.29) is 0 Å². The largest absolute Gasteiger partial charge is 0.512 e. The summed E-state index contributed by atoms with van der Waals surface area (Å²) >= 11 is 0. The van der Waals surface area contributed by atoms with Crippen LogP contribution in [0.2, 0.25) is 0 Å². The van der Waals surface area contributed by atoms with E-state index in [1.165, 1.54) is 0 Å². The molecule has 0 saturated heterocycles. The highest BCUT2D eigenvalue weighted by Gasteiger charge is 1.99. The molecule has 1 N–H and O–H groups in total. The van der Waals surface area contributed by atoms with Gasteiger partial charge < -0.3 is 5.11 Å². The minimum absolute atomic E-state index is 0.470. The van der Waals surface area contributed by atoms with Gasteiger partial charge >= 0.3 is 0 Å². The second kappa shape index (κ2) is 4.81. The van der Waals surface area contributed by atoms with Crippen molar-refractivity contribution in [2.45, 2.75) is 33.6 Å². The van der Waals surface area contributed by atoms with Crippen LogP contribution in [0.25, 0.3) is 0 Å². The highest BCUT2D eigenvalue weighted by Crippen LogP contribution is 2.15. The van der Waals surface area contributed by atoms with Gasteiger partial charge in [-0.05, 0) is 32.8 Å². The molecule has 0 amide bonds. The van der Waals surface area contributed by atoms with Crippen molar-refractivity contribution in [1.29, 1.82) is 0 Å². The summed E-state index contributed by atoms with van der Waals surface area (Å²) in [5.74, 6) is 0.470. The van der Waals surface area contributed by atoms with Gasteiger partial charge in [0.25, 0.3) is 0 Å². The Morgan fingerprint density at radius 3 is 1.92 bits per heavy atom. The number of hydrogen-bond acceptors (Lipinski definition) is 1. The predicted octanol–water partition coefficient (Wildman–Crippen LogP) is 3.75. The van der Waals surface area contributed by atoms with Crippen LogP contribution in [0, 0.1) is 0 Å². The molecule has 1 nitrogen and oxygen atoms in total. The van der Waals surface area contributed by atoms with Crippen molar-refractivity contribution in [3.05, 3.63) is 35.6 Å². The van der Waals surface area contributed by atoms with Crippen molar-refractivity contribution in [2.75, 3.05) is 0 Å². The third-order valence-corrected chi connectivity index (χ3v) is 1.84. The molecule has 0 atom stereocenters. The zero-order valence-electron chi connectivity index (χ0n) is 8.28. The molecular weight excluding hydrogens is 148 g/mol. The van der Waals surface area contributed by atoms with Crippen LogP contribution < -0.4 is 0 Å². The molecule has 0 saturated carbocycles. The number of aliphatic hydroxyl groups is 1. The first-order valence-corrected chi connectivity index (χ1v) is 4.14. The fourth-order valence-electron chi connectivity index (χ4n) is 0.733. The first-order valence-electron chi connectivity index (χ1n) is 4.14. The van der Waals surface area contributed by atoms with Crippen LogP contribution in [0.4, 0.5) is 0 Å². The Bertz CT molecular complexity index is 217. The van der Waals surface area contributed by atoms with E-state index in [0.29, 0.717) is 12.2 Å². The lowest BCUT2D eigenvalue weighted by atomic mass is 10.0. The van der Waals surface area contributed by atoms with Crippen LogP contribution in [0.3, 0.4) is 0 Å². The maximum absolute atomic E-state index is 9.37. The molecule has 68 valence electrons. The lowest BCUT2D eigenvalue weighted by Gasteiger charge is -2.05. The minimum atomic E-state index is 0.470. The monoisotopic (exact) mass is 166 g/mol. The Kier molecular flexibility index (Phi) is 4.42. The molecule has 12 heavy (non-hydrogen) atoms. The molecular formula is C11H18O. The van der Waals surface area contributed by atoms with E-state index in [0.717, 1.165) is 23.1 Å². The third-order valence-electron chi connectivity index (χ3n) is 1.84. The van der Waals surface area contributed by atoms with Crippen molar-refractivity contribution >= 4 is 0 Å². The highest BCUT2D eigenvalue weighted by molar-refractivity contribution is 5.23. The molecule has 0 aromatic rings. The van der Waals surface area contributed by atoms with Gasteiger partial charge in [0.2, 0.25) is 0 Å². The average molecular weight is 166 g/mol. The maximum Gasteiger partial charge on any atom is 0.0912 e. The molecule has 1 heteroatoms. The first kappa shape index (κ1) is 11.0. The van der Waals surface area contributed by atoms with E-state index in [1.54, 1.807) is 0 Å². The summed E-state index contributed by atoms with van der Waals surface area (Å²) in [7, 11) is 0. The number of hydrogen-bond donors (Lipinski definition) is 1. The SMILES string of the molecule is C=C(C)C(=C)CCC(O)=C(C)C. The van der Waals surface area contributed by atoms with Crippen LogP contribution in [-0.2, 0) is 0 Å². The van der Waals surface area contributed by atoms with Crippen molar-refractivity contribution in [3.8, 4) is 0 Å². The summed E-state index contributed by atoms with van der Waals surface area (Å²) < 4.78 is 0. The highest BCUT2D eigenvalue weighted by atomic mass is 16.3. The molecule has 0 aromatic carbocycles. The van der Waals surface area contributed by atoms with E-state index in [4.69, 9.17) is 0 Å². The van der Waals surface area contributed by atoms with Crippen LogP contribution in [0.1, 0.15) is 33.6 Å². The van der Waals surface area contributed by atoms with Gasteiger partial charge in [-0.2, -0.15) is 0 Å². The quantitative estimate of drug-likeness (QED) is 0.498. The Balaban J connectivity index is 3.94. The van der Waals surface area contributed by atoms with Crippen molar-refractivity contribution < 1.29 is 5.11 Å². The van der Waals surface area contributed by atoms with E-state index < -0.39 is 0 Å². The molecule has 0 aliphatic carbocycles. The Labute approximate surface area is 75.1 Å². The molecule has 0 bridgehead atoms. The lowest BCUT2D eigenvalue weighted by molar-refractivity contribution is 0.381. The van der Waals surface area contributed by atoms with Crippen LogP contribution in [-0.4, -0.2) is 5.11 Å². The lowest BCUT2D eigenvalue weighted by Crippen LogP contribution is -1.88. The van der Waals surface area contributed by atoms with Gasteiger partial charge in [0.05, 0.1) is 5.76 Å². The van der Waals surface area contributed by atoms with E-state index in [1.807, 2.05) is 20.8 Å². The smallest absolute Gasteiger partial charge is 0.0912 e. The third kappa shape index (κ3) is 4.02. The topological polar surface area (TPSA) is 20.2 Å². The summed E-state index contributed by atoms with van der Waals surface area (Å²) in [6.45, 7) is 13.4. The predicted molar refractivity (Wildman–Crippen MR) is 54.2 cm³/mol. The van der Waals surface area contributed by atoms with E-state index >= 15 is 0 Å². The molecule has 0 spiro atoms. The molecule has 0 aliphatic heterocycles. The summed E-state index contributed by atoms with van der Waals surface area (Å²) in [6.07, 6.45) is 1.47. The maximum atomic E-state index is 9.37. The van der Waals surface area contributed by atoms with Gasteiger partial charge in [-0.3, -0.25) is 0 Å². The van der Waals surface area contributed by atoms with Crippen LogP contribution in [0.15, 0.2) is 35.6 Å². The van der Waals surface area contributed by atoms with Crippen LogP contribution in [0.5, 0.6) is 0 Å². The standard InChI is InChI=1S/C11H18O/c1-8(2)10(5)6-7-11(12)9(3)4/h12H,1,5-7H2,2-4H3. The Morgan fingerprint density at radius 2 is 1.58 bits per heavy atom. The molecule has 0 heterocycles. The van der Waals surface area contributed by atoms with Gasteiger partial charge in [-0.25, -0.2) is 0 Å². The summed E-state index contributed by atoms with van der Waals surface area (Å²) in [5, 5.41) is 9.37. The fourth-order valence-corrected chi connectivity index (χ4v) is 0.733. The minimum Gasteiger partial charge on any atom is -0.512 e. The average Bonchev–Trinajstić information content (AvgIpc) is 1.98. The van der Waals surface area contributed by atoms with Gasteiger partial charge in [0, 0.05) is 6.42 Å². The van der Waals surface area contributed by atoms with Crippen LogP contribution >= 0.6 is 0 Å². The fraction of sp³-hybridized carbons (Fsp3) is 0.455. The zero-order valence-corrected chi connectivity index (χ0v) is 8.28. The molecule has 0 aliphatic rings. The number of aliphatic hydroxyl groups excluding tert-OH is 1. The summed E-state index contributed by atoms with van der Waals surface area (Å²) in [6, 6.07) is 0. The summed E-state index contributed by atoms with van der Waals surface area (Å²) in [4.78, 5) is 0. The number of allylic oxidation sites excluding steroid dienone is 4. The molecule has 0 aromatic heterocycles. The summed E-state index contributed by atoms with van der Waals surface area (Å²) in [5.41, 5.74) is 2.99. The van der Waals surface area contributed by atoms with Crippen molar-refractivity contribution in [2.24, 2.45) is 0 Å². The van der Waals surface area contributed by atoms with Crippen molar-refractivity contribution in [1.82, 2.24) is 0 Å². The normalized spacial score (nSPS) is 9.25. The molecule has 0 rings (SSSR count). The molecule has 0 radical (unpaired) electrons. The second-order valence-corrected chi connectivity index (χ2v) is 3.33. The van der Waals surface area contributed by atoms with Gasteiger partial charge in [-0.15, -0.1) is 0 Å². The zero-order chi connectivity index (χ0) is 9.72. The van der Waals surface area contributed by atoms with E-state index in [2.05, 4.69) is 13.2 Å².